The van der Waals surface area contributed by atoms with Crippen molar-refractivity contribution in [2.75, 3.05) is 14.2 Å². The van der Waals surface area contributed by atoms with E-state index in [9.17, 15) is 0 Å². The lowest BCUT2D eigenvalue weighted by Crippen LogP contribution is -2.06. The quantitative estimate of drug-likeness (QED) is 0.653. The third kappa shape index (κ3) is 3.97. The minimum absolute atomic E-state index is 0.247. The Morgan fingerprint density at radius 2 is 1.88 bits per heavy atom. The third-order valence-corrected chi connectivity index (χ3v) is 3.15. The predicted octanol–water partition coefficient (Wildman–Crippen LogP) is 1.71. The van der Waals surface area contributed by atoms with Crippen molar-refractivity contribution in [3.05, 3.63) is 54.2 Å². The summed E-state index contributed by atoms with van der Waals surface area (Å²) in [5.41, 5.74) is 0.708. The molecule has 0 aliphatic heterocycles. The van der Waals surface area contributed by atoms with Gasteiger partial charge in [0.15, 0.2) is 5.82 Å². The standard InChI is InChI=1S/C16H17N5O3/c1-22-15-8-12(18-16(19-15)23-2)9-21-11-17-14(20-21)10-24-13-6-4-3-5-7-13/h3-8,11H,9-10H2,1-2H3. The largest absolute Gasteiger partial charge is 0.486 e. The summed E-state index contributed by atoms with van der Waals surface area (Å²) in [6, 6.07) is 11.5. The Labute approximate surface area is 139 Å². The first-order valence-corrected chi connectivity index (χ1v) is 7.29. The molecule has 3 aromatic rings. The molecule has 0 bridgehead atoms. The van der Waals surface area contributed by atoms with Crippen LogP contribution >= 0.6 is 0 Å². The first-order valence-electron chi connectivity index (χ1n) is 7.29. The summed E-state index contributed by atoms with van der Waals surface area (Å²) >= 11 is 0. The first-order chi connectivity index (χ1) is 11.8. The monoisotopic (exact) mass is 327 g/mol. The molecule has 0 N–H and O–H groups in total. The molecule has 8 heteroatoms. The minimum atomic E-state index is 0.247. The molecule has 124 valence electrons. The highest BCUT2D eigenvalue weighted by Gasteiger charge is 2.08. The molecule has 8 nitrogen and oxygen atoms in total. The Bertz CT molecular complexity index is 769. The van der Waals surface area contributed by atoms with Gasteiger partial charge in [-0.2, -0.15) is 15.1 Å². The molecule has 2 heterocycles. The van der Waals surface area contributed by atoms with Crippen LogP contribution in [0.3, 0.4) is 0 Å². The second-order valence-corrected chi connectivity index (χ2v) is 4.85. The van der Waals surface area contributed by atoms with Gasteiger partial charge < -0.3 is 14.2 Å². The second kappa shape index (κ2) is 7.40. The zero-order valence-electron chi connectivity index (χ0n) is 13.4. The van der Waals surface area contributed by atoms with E-state index in [-0.39, 0.29) is 6.01 Å². The van der Waals surface area contributed by atoms with Crippen LogP contribution in [0.2, 0.25) is 0 Å². The van der Waals surface area contributed by atoms with Gasteiger partial charge in [0.1, 0.15) is 18.7 Å². The van der Waals surface area contributed by atoms with Crippen LogP contribution in [0.15, 0.2) is 42.7 Å². The van der Waals surface area contributed by atoms with Crippen LogP contribution in [0.25, 0.3) is 0 Å². The highest BCUT2D eigenvalue weighted by Crippen LogP contribution is 2.14. The molecule has 0 aliphatic carbocycles. The van der Waals surface area contributed by atoms with Gasteiger partial charge in [-0.05, 0) is 12.1 Å². The van der Waals surface area contributed by atoms with E-state index < -0.39 is 0 Å². The number of benzene rings is 1. The number of rotatable bonds is 7. The zero-order valence-corrected chi connectivity index (χ0v) is 13.4. The van der Waals surface area contributed by atoms with Crippen molar-refractivity contribution in [3.8, 4) is 17.6 Å². The molecule has 0 fully saturated rings. The molecule has 1 aromatic carbocycles. The maximum Gasteiger partial charge on any atom is 0.319 e. The number of hydrogen-bond donors (Lipinski definition) is 0. The van der Waals surface area contributed by atoms with Crippen LogP contribution in [-0.4, -0.2) is 39.0 Å². The van der Waals surface area contributed by atoms with Crippen LogP contribution in [-0.2, 0) is 13.2 Å². The molecule has 0 spiro atoms. The number of aromatic nitrogens is 5. The van der Waals surface area contributed by atoms with Crippen LogP contribution in [0.4, 0.5) is 0 Å². The number of methoxy groups -OCH3 is 2. The van der Waals surface area contributed by atoms with Crippen molar-refractivity contribution in [3.63, 3.8) is 0 Å². The van der Waals surface area contributed by atoms with Gasteiger partial charge in [-0.25, -0.2) is 9.67 Å². The molecule has 0 saturated carbocycles. The van der Waals surface area contributed by atoms with Crippen molar-refractivity contribution in [1.82, 2.24) is 24.7 Å². The predicted molar refractivity (Wildman–Crippen MR) is 85.0 cm³/mol. The average Bonchev–Trinajstić information content (AvgIpc) is 3.07. The van der Waals surface area contributed by atoms with Gasteiger partial charge in [-0.15, -0.1) is 0 Å². The Morgan fingerprint density at radius 3 is 2.62 bits per heavy atom. The van der Waals surface area contributed by atoms with E-state index in [4.69, 9.17) is 14.2 Å². The summed E-state index contributed by atoms with van der Waals surface area (Å²) in [7, 11) is 3.05. The summed E-state index contributed by atoms with van der Waals surface area (Å²) < 4.78 is 17.5. The van der Waals surface area contributed by atoms with Crippen LogP contribution in [0, 0.1) is 0 Å². The normalized spacial score (nSPS) is 10.4. The van der Waals surface area contributed by atoms with Crippen LogP contribution in [0.5, 0.6) is 17.6 Å². The number of nitrogens with zero attached hydrogens (tertiary/aromatic N) is 5. The fraction of sp³-hybridized carbons (Fsp3) is 0.250. The lowest BCUT2D eigenvalue weighted by molar-refractivity contribution is 0.295. The van der Waals surface area contributed by atoms with Crippen molar-refractivity contribution in [2.24, 2.45) is 0 Å². The Kier molecular flexibility index (Phi) is 4.85. The first kappa shape index (κ1) is 15.7. The average molecular weight is 327 g/mol. The maximum atomic E-state index is 5.62. The van der Waals surface area contributed by atoms with Gasteiger partial charge in [0.2, 0.25) is 5.88 Å². The van der Waals surface area contributed by atoms with Crippen molar-refractivity contribution in [1.29, 1.82) is 0 Å². The molecule has 0 atom stereocenters. The van der Waals surface area contributed by atoms with Crippen LogP contribution in [0.1, 0.15) is 11.5 Å². The topological polar surface area (TPSA) is 84.2 Å². The SMILES string of the molecule is COc1cc(Cn2cnc(COc3ccccc3)n2)nc(OC)n1. The van der Waals surface area contributed by atoms with Crippen molar-refractivity contribution >= 4 is 0 Å². The number of para-hydroxylation sites is 1. The van der Waals surface area contributed by atoms with E-state index >= 15 is 0 Å². The van der Waals surface area contributed by atoms with Crippen molar-refractivity contribution in [2.45, 2.75) is 13.2 Å². The molecular weight excluding hydrogens is 310 g/mol. The lowest BCUT2D eigenvalue weighted by atomic mass is 10.3. The van der Waals surface area contributed by atoms with Gasteiger partial charge in [0.05, 0.1) is 26.5 Å². The number of ether oxygens (including phenoxy) is 3. The smallest absolute Gasteiger partial charge is 0.319 e. The molecule has 0 amide bonds. The molecule has 24 heavy (non-hydrogen) atoms. The third-order valence-electron chi connectivity index (χ3n) is 3.15. The molecule has 3 rings (SSSR count). The number of hydrogen-bond acceptors (Lipinski definition) is 7. The maximum absolute atomic E-state index is 5.62. The van der Waals surface area contributed by atoms with Gasteiger partial charge >= 0.3 is 6.01 Å². The summed E-state index contributed by atoms with van der Waals surface area (Å²) in [6.45, 7) is 0.723. The molecule has 0 aliphatic rings. The fourth-order valence-electron chi connectivity index (χ4n) is 2.03. The Hall–Kier alpha value is -3.16. The summed E-state index contributed by atoms with van der Waals surface area (Å²) in [5, 5.41) is 4.37. The highest BCUT2D eigenvalue weighted by atomic mass is 16.5. The van der Waals surface area contributed by atoms with Crippen molar-refractivity contribution < 1.29 is 14.2 Å². The fourth-order valence-corrected chi connectivity index (χ4v) is 2.03. The Morgan fingerprint density at radius 1 is 1.04 bits per heavy atom. The van der Waals surface area contributed by atoms with Gasteiger partial charge in [0.25, 0.3) is 0 Å². The lowest BCUT2D eigenvalue weighted by Gasteiger charge is -2.06. The van der Waals surface area contributed by atoms with Gasteiger partial charge in [-0.1, -0.05) is 18.2 Å². The van der Waals surface area contributed by atoms with E-state index in [0.29, 0.717) is 30.5 Å². The molecule has 0 unspecified atom stereocenters. The summed E-state index contributed by atoms with van der Waals surface area (Å²) in [5.74, 6) is 1.80. The van der Waals surface area contributed by atoms with E-state index in [1.807, 2.05) is 30.3 Å². The molecule has 2 aromatic heterocycles. The van der Waals surface area contributed by atoms with Crippen LogP contribution < -0.4 is 14.2 Å². The zero-order chi connectivity index (χ0) is 16.8. The molecule has 0 saturated heterocycles. The summed E-state index contributed by atoms with van der Waals surface area (Å²) in [6.07, 6.45) is 1.63. The minimum Gasteiger partial charge on any atom is -0.486 e. The summed E-state index contributed by atoms with van der Waals surface area (Å²) in [4.78, 5) is 12.6. The van der Waals surface area contributed by atoms with Gasteiger partial charge in [-0.3, -0.25) is 0 Å². The van der Waals surface area contributed by atoms with Gasteiger partial charge in [0, 0.05) is 6.07 Å². The second-order valence-electron chi connectivity index (χ2n) is 4.85. The van der Waals surface area contributed by atoms with E-state index in [1.54, 1.807) is 24.2 Å². The molecule has 0 radical (unpaired) electrons. The van der Waals surface area contributed by atoms with E-state index in [0.717, 1.165) is 5.75 Å². The molecular formula is C16H17N5O3. The Balaban J connectivity index is 1.65. The highest BCUT2D eigenvalue weighted by molar-refractivity contribution is 5.21. The van der Waals surface area contributed by atoms with E-state index in [1.165, 1.54) is 7.11 Å². The van der Waals surface area contributed by atoms with E-state index in [2.05, 4.69) is 20.1 Å².